The molecule has 6 nitrogen and oxygen atoms in total. The molecular weight excluding hydrogens is 270 g/mol. The Balaban J connectivity index is 1.91. The van der Waals surface area contributed by atoms with Crippen molar-refractivity contribution in [3.05, 3.63) is 35.4 Å². The summed E-state index contributed by atoms with van der Waals surface area (Å²) in [4.78, 5) is 14.1. The van der Waals surface area contributed by atoms with Gasteiger partial charge in [-0.15, -0.1) is 0 Å². The van der Waals surface area contributed by atoms with Crippen molar-refractivity contribution in [3.63, 3.8) is 0 Å². The number of carbonyl (C=O) groups is 1. The predicted molar refractivity (Wildman–Crippen MR) is 79.3 cm³/mol. The van der Waals surface area contributed by atoms with Crippen molar-refractivity contribution in [2.45, 2.75) is 25.4 Å². The zero-order chi connectivity index (χ0) is 15.2. The summed E-state index contributed by atoms with van der Waals surface area (Å²) in [5, 5.41) is 11.6. The van der Waals surface area contributed by atoms with Crippen LogP contribution in [0, 0.1) is 0 Å². The van der Waals surface area contributed by atoms with Crippen LogP contribution in [0.2, 0.25) is 0 Å². The average molecular weight is 291 g/mol. The summed E-state index contributed by atoms with van der Waals surface area (Å²) in [6, 6.07) is 7.14. The molecule has 0 spiro atoms. The van der Waals surface area contributed by atoms with Gasteiger partial charge < -0.3 is 20.6 Å². The van der Waals surface area contributed by atoms with Gasteiger partial charge in [0.2, 0.25) is 5.91 Å². The van der Waals surface area contributed by atoms with E-state index in [0.717, 1.165) is 31.5 Å². The predicted octanol–water partition coefficient (Wildman–Crippen LogP) is 0.961. The van der Waals surface area contributed by atoms with Crippen LogP contribution in [0.15, 0.2) is 29.4 Å². The minimum atomic E-state index is 0.0644. The molecule has 0 aromatic heterocycles. The summed E-state index contributed by atoms with van der Waals surface area (Å²) in [6.45, 7) is 1.50. The van der Waals surface area contributed by atoms with Crippen molar-refractivity contribution in [3.8, 4) is 0 Å². The number of ether oxygens (including phenoxy) is 1. The van der Waals surface area contributed by atoms with Crippen molar-refractivity contribution in [2.24, 2.45) is 10.9 Å². The van der Waals surface area contributed by atoms with Crippen molar-refractivity contribution in [2.75, 3.05) is 20.2 Å². The normalized spacial score (nSPS) is 17.0. The number of likely N-dealkylation sites (tertiary alicyclic amines) is 1. The summed E-state index contributed by atoms with van der Waals surface area (Å²) >= 11 is 0. The number of hydrogen-bond acceptors (Lipinski definition) is 4. The third kappa shape index (κ3) is 3.95. The van der Waals surface area contributed by atoms with Gasteiger partial charge in [0.05, 0.1) is 12.5 Å². The number of nitrogens with zero attached hydrogens (tertiary/aromatic N) is 2. The largest absolute Gasteiger partial charge is 0.409 e. The Kier molecular flexibility index (Phi) is 5.16. The first kappa shape index (κ1) is 15.3. The minimum absolute atomic E-state index is 0.0644. The van der Waals surface area contributed by atoms with Crippen LogP contribution in [0.1, 0.15) is 24.0 Å². The van der Waals surface area contributed by atoms with Crippen molar-refractivity contribution >= 4 is 11.7 Å². The van der Waals surface area contributed by atoms with Gasteiger partial charge in [-0.3, -0.25) is 4.79 Å². The molecule has 1 aromatic carbocycles. The lowest BCUT2D eigenvalue weighted by Gasteiger charge is -2.31. The maximum Gasteiger partial charge on any atom is 0.226 e. The van der Waals surface area contributed by atoms with E-state index >= 15 is 0 Å². The molecule has 1 heterocycles. The van der Waals surface area contributed by atoms with Gasteiger partial charge in [0.25, 0.3) is 0 Å². The Bertz CT molecular complexity index is 505. The lowest BCUT2D eigenvalue weighted by atomic mass is 10.0. The molecule has 1 saturated heterocycles. The zero-order valence-corrected chi connectivity index (χ0v) is 12.2. The maximum atomic E-state index is 12.2. The molecule has 1 aliphatic rings. The molecule has 6 heteroatoms. The molecule has 0 bridgehead atoms. The van der Waals surface area contributed by atoms with Crippen molar-refractivity contribution < 1.29 is 14.7 Å². The number of carbonyl (C=O) groups excluding carboxylic acids is 1. The van der Waals surface area contributed by atoms with E-state index < -0.39 is 0 Å². The van der Waals surface area contributed by atoms with E-state index in [4.69, 9.17) is 15.7 Å². The molecule has 0 unspecified atom stereocenters. The number of benzene rings is 1. The molecule has 0 radical (unpaired) electrons. The van der Waals surface area contributed by atoms with Crippen LogP contribution in [0.3, 0.4) is 0 Å². The Morgan fingerprint density at radius 2 is 2.00 bits per heavy atom. The van der Waals surface area contributed by atoms with E-state index in [-0.39, 0.29) is 17.8 Å². The fraction of sp³-hybridized carbons (Fsp3) is 0.467. The highest BCUT2D eigenvalue weighted by atomic mass is 16.5. The van der Waals surface area contributed by atoms with Gasteiger partial charge in [-0.1, -0.05) is 29.4 Å². The Morgan fingerprint density at radius 3 is 2.52 bits per heavy atom. The number of piperidine rings is 1. The number of nitrogens with two attached hydrogens (primary N) is 1. The SMILES string of the molecule is COC1CCN(C(=O)Cc2ccc(C(N)=NO)cc2)CC1. The second kappa shape index (κ2) is 7.08. The van der Waals surface area contributed by atoms with Crippen molar-refractivity contribution in [1.82, 2.24) is 4.90 Å². The molecule has 0 aliphatic carbocycles. The Hall–Kier alpha value is -2.08. The van der Waals surface area contributed by atoms with Crippen LogP contribution in [-0.4, -0.2) is 48.2 Å². The number of hydrogen-bond donors (Lipinski definition) is 2. The van der Waals surface area contributed by atoms with Crippen LogP contribution in [0.25, 0.3) is 0 Å². The van der Waals surface area contributed by atoms with E-state index in [2.05, 4.69) is 5.16 Å². The van der Waals surface area contributed by atoms with Gasteiger partial charge in [-0.25, -0.2) is 0 Å². The second-order valence-electron chi connectivity index (χ2n) is 5.17. The summed E-state index contributed by atoms with van der Waals surface area (Å²) in [6.07, 6.45) is 2.43. The van der Waals surface area contributed by atoms with Crippen LogP contribution < -0.4 is 5.73 Å². The number of rotatable bonds is 4. The van der Waals surface area contributed by atoms with Crippen LogP contribution in [-0.2, 0) is 16.0 Å². The minimum Gasteiger partial charge on any atom is -0.409 e. The van der Waals surface area contributed by atoms with Gasteiger partial charge >= 0.3 is 0 Å². The van der Waals surface area contributed by atoms with E-state index in [1.54, 1.807) is 19.2 Å². The van der Waals surface area contributed by atoms with E-state index in [1.807, 2.05) is 17.0 Å². The Labute approximate surface area is 124 Å². The first-order chi connectivity index (χ1) is 10.1. The van der Waals surface area contributed by atoms with E-state index in [1.165, 1.54) is 0 Å². The molecule has 1 amide bonds. The fourth-order valence-electron chi connectivity index (χ4n) is 2.48. The van der Waals surface area contributed by atoms with Gasteiger partial charge in [0.1, 0.15) is 0 Å². The van der Waals surface area contributed by atoms with E-state index in [0.29, 0.717) is 12.0 Å². The van der Waals surface area contributed by atoms with Gasteiger partial charge in [0, 0.05) is 25.8 Å². The third-order valence-corrected chi connectivity index (χ3v) is 3.84. The fourth-order valence-corrected chi connectivity index (χ4v) is 2.48. The standard InChI is InChI=1S/C15H21N3O3/c1-21-13-6-8-18(9-7-13)14(19)10-11-2-4-12(5-3-11)15(16)17-20/h2-5,13,20H,6-10H2,1H3,(H2,16,17). The summed E-state index contributed by atoms with van der Waals surface area (Å²) in [5.41, 5.74) is 7.06. The first-order valence-corrected chi connectivity index (χ1v) is 7.01. The topological polar surface area (TPSA) is 88.2 Å². The summed E-state index contributed by atoms with van der Waals surface area (Å²) in [5.74, 6) is 0.190. The lowest BCUT2D eigenvalue weighted by molar-refractivity contribution is -0.132. The highest BCUT2D eigenvalue weighted by Crippen LogP contribution is 2.14. The molecule has 21 heavy (non-hydrogen) atoms. The maximum absolute atomic E-state index is 12.2. The van der Waals surface area contributed by atoms with Crippen LogP contribution in [0.5, 0.6) is 0 Å². The van der Waals surface area contributed by atoms with Gasteiger partial charge in [-0.05, 0) is 18.4 Å². The highest BCUT2D eigenvalue weighted by Gasteiger charge is 2.22. The molecule has 1 aromatic rings. The number of methoxy groups -OCH3 is 1. The Morgan fingerprint density at radius 1 is 1.38 bits per heavy atom. The number of oxime groups is 1. The smallest absolute Gasteiger partial charge is 0.226 e. The third-order valence-electron chi connectivity index (χ3n) is 3.84. The molecule has 0 saturated carbocycles. The van der Waals surface area contributed by atoms with Crippen LogP contribution >= 0.6 is 0 Å². The summed E-state index contributed by atoms with van der Waals surface area (Å²) < 4.78 is 5.30. The second-order valence-corrected chi connectivity index (χ2v) is 5.17. The molecular formula is C15H21N3O3. The molecule has 114 valence electrons. The summed E-state index contributed by atoms with van der Waals surface area (Å²) in [7, 11) is 1.71. The quantitative estimate of drug-likeness (QED) is 0.374. The first-order valence-electron chi connectivity index (χ1n) is 7.01. The molecule has 3 N–H and O–H groups in total. The van der Waals surface area contributed by atoms with Gasteiger partial charge in [-0.2, -0.15) is 0 Å². The highest BCUT2D eigenvalue weighted by molar-refractivity contribution is 5.97. The molecule has 0 atom stereocenters. The lowest BCUT2D eigenvalue weighted by Crippen LogP contribution is -2.41. The molecule has 1 aliphatic heterocycles. The molecule has 1 fully saturated rings. The van der Waals surface area contributed by atoms with Crippen molar-refractivity contribution in [1.29, 1.82) is 0 Å². The number of amides is 1. The average Bonchev–Trinajstić information content (AvgIpc) is 2.55. The van der Waals surface area contributed by atoms with Gasteiger partial charge in [0.15, 0.2) is 5.84 Å². The monoisotopic (exact) mass is 291 g/mol. The molecule has 2 rings (SSSR count). The number of amidine groups is 1. The zero-order valence-electron chi connectivity index (χ0n) is 12.2. The van der Waals surface area contributed by atoms with E-state index in [9.17, 15) is 4.79 Å². The van der Waals surface area contributed by atoms with Crippen LogP contribution in [0.4, 0.5) is 0 Å².